The number of pyridine rings is 1. The third-order valence-corrected chi connectivity index (χ3v) is 11.1. The van der Waals surface area contributed by atoms with Crippen molar-refractivity contribution >= 4 is 44.7 Å². The summed E-state index contributed by atoms with van der Waals surface area (Å²) in [5.41, 5.74) is 22.4. The van der Waals surface area contributed by atoms with Crippen LogP contribution >= 0.6 is 0 Å². The van der Waals surface area contributed by atoms with E-state index in [1.54, 1.807) is 0 Å². The van der Waals surface area contributed by atoms with Gasteiger partial charge >= 0.3 is 0 Å². The molecule has 0 saturated carbocycles. The molecule has 0 spiro atoms. The number of fused-ring (bicyclic) bond motifs is 6. The highest BCUT2D eigenvalue weighted by atomic mass is 15.2. The first-order valence-electron chi connectivity index (χ1n) is 19.5. The molecule has 2 aromatic heterocycles. The minimum Gasteiger partial charge on any atom is -0.398 e. The van der Waals surface area contributed by atoms with Gasteiger partial charge in [-0.3, -0.25) is 4.90 Å². The van der Waals surface area contributed by atoms with E-state index < -0.39 is 0 Å². The van der Waals surface area contributed by atoms with Crippen molar-refractivity contribution in [1.29, 1.82) is 0 Å². The number of hydrogen-bond acceptors (Lipinski definition) is 3. The van der Waals surface area contributed by atoms with Gasteiger partial charge in [-0.15, -0.1) is 0 Å². The van der Waals surface area contributed by atoms with E-state index >= 15 is 0 Å². The number of benzene rings is 7. The fraction of sp³-hybridized carbons (Fsp3) is 0.0377. The van der Waals surface area contributed by atoms with Crippen molar-refractivity contribution in [2.24, 2.45) is 5.73 Å². The van der Waals surface area contributed by atoms with Crippen LogP contribution in [0.25, 0.3) is 61.0 Å². The first-order valence-corrected chi connectivity index (χ1v) is 19.5. The number of rotatable bonds is 8. The standard InChI is InChI=1S/C53H40N4/c54-47(41-23-13-21-39(34-41)37-16-3-1-4-17-37)26-11-12-33-56-50-29-10-8-25-45(50)46-32-31-44-36-43-20-7-9-28-49(43)57(52(44)53(46)56)51-30-15-27-48(55-51)42-24-14-22-40(35-42)38-18-5-2-6-19-38/h1-32,34-35H,33,36,54H2/b12-11-,47-26-. The van der Waals surface area contributed by atoms with E-state index in [0.29, 0.717) is 6.54 Å². The molecule has 1 aliphatic heterocycles. The number of nitrogens with two attached hydrogens (primary N) is 1. The predicted octanol–water partition coefficient (Wildman–Crippen LogP) is 13.1. The first-order chi connectivity index (χ1) is 28.2. The number of hydrogen-bond donors (Lipinski definition) is 1. The molecule has 2 N–H and O–H groups in total. The van der Waals surface area contributed by atoms with Crippen LogP contribution in [0.4, 0.5) is 17.2 Å². The van der Waals surface area contributed by atoms with Crippen LogP contribution in [0.5, 0.6) is 0 Å². The number of para-hydroxylation sites is 2. The summed E-state index contributed by atoms with van der Waals surface area (Å²) in [6.45, 7) is 0.670. The van der Waals surface area contributed by atoms with Gasteiger partial charge in [-0.25, -0.2) is 4.98 Å². The Hall–Kier alpha value is -7.43. The third kappa shape index (κ3) is 6.37. The quantitative estimate of drug-likeness (QED) is 0.158. The highest BCUT2D eigenvalue weighted by Crippen LogP contribution is 2.48. The maximum Gasteiger partial charge on any atom is 0.138 e. The van der Waals surface area contributed by atoms with Crippen LogP contribution in [0.3, 0.4) is 0 Å². The molecule has 3 heterocycles. The maximum absolute atomic E-state index is 6.68. The van der Waals surface area contributed by atoms with Gasteiger partial charge in [0.1, 0.15) is 5.82 Å². The summed E-state index contributed by atoms with van der Waals surface area (Å²) < 4.78 is 2.45. The van der Waals surface area contributed by atoms with Crippen LogP contribution in [-0.2, 0) is 13.0 Å². The Bertz CT molecular complexity index is 2970. The van der Waals surface area contributed by atoms with E-state index in [0.717, 1.165) is 46.0 Å². The molecular formula is C53H40N4. The fourth-order valence-corrected chi connectivity index (χ4v) is 8.33. The minimum absolute atomic E-state index is 0.670. The van der Waals surface area contributed by atoms with Crippen LogP contribution in [0.1, 0.15) is 16.7 Å². The zero-order valence-electron chi connectivity index (χ0n) is 31.5. The highest BCUT2D eigenvalue weighted by molar-refractivity contribution is 6.14. The van der Waals surface area contributed by atoms with Gasteiger partial charge < -0.3 is 10.3 Å². The normalized spacial score (nSPS) is 12.6. The molecule has 10 rings (SSSR count). The van der Waals surface area contributed by atoms with Gasteiger partial charge in [-0.2, -0.15) is 0 Å². The zero-order valence-corrected chi connectivity index (χ0v) is 31.5. The maximum atomic E-state index is 6.68. The predicted molar refractivity (Wildman–Crippen MR) is 239 cm³/mol. The van der Waals surface area contributed by atoms with E-state index in [-0.39, 0.29) is 0 Å². The van der Waals surface area contributed by atoms with Crippen molar-refractivity contribution in [2.75, 3.05) is 4.90 Å². The molecule has 272 valence electrons. The molecule has 4 heteroatoms. The van der Waals surface area contributed by atoms with Gasteiger partial charge in [0.25, 0.3) is 0 Å². The second kappa shape index (κ2) is 14.7. The third-order valence-electron chi connectivity index (χ3n) is 11.1. The molecule has 7 aromatic carbocycles. The van der Waals surface area contributed by atoms with Crippen molar-refractivity contribution in [3.05, 3.63) is 223 Å². The Morgan fingerprint density at radius 1 is 0.561 bits per heavy atom. The topological polar surface area (TPSA) is 47.1 Å². The summed E-state index contributed by atoms with van der Waals surface area (Å²) >= 11 is 0. The summed E-state index contributed by atoms with van der Waals surface area (Å²) in [5.74, 6) is 0.888. The Morgan fingerprint density at radius 3 is 2.05 bits per heavy atom. The van der Waals surface area contributed by atoms with E-state index in [9.17, 15) is 0 Å². The van der Waals surface area contributed by atoms with Crippen LogP contribution in [0, 0.1) is 0 Å². The fourth-order valence-electron chi connectivity index (χ4n) is 8.33. The average Bonchev–Trinajstić information content (AvgIpc) is 3.61. The Labute approximate surface area is 333 Å². The van der Waals surface area contributed by atoms with Gasteiger partial charge in [0.05, 0.1) is 22.6 Å². The summed E-state index contributed by atoms with van der Waals surface area (Å²) in [4.78, 5) is 7.81. The van der Waals surface area contributed by atoms with Gasteiger partial charge in [-0.05, 0) is 81.4 Å². The number of nitrogens with zero attached hydrogens (tertiary/aromatic N) is 3. The zero-order chi connectivity index (χ0) is 38.1. The van der Waals surface area contributed by atoms with Crippen molar-refractivity contribution in [2.45, 2.75) is 13.0 Å². The SMILES string of the molecule is N/C(=C\C=C/Cn1c2ccccc2c2ccc3c(c21)N(c1cccc(-c2cccc(-c4ccccc4)c2)n1)c1ccccc1C3)c1cccc(-c2ccccc2)c1. The lowest BCUT2D eigenvalue weighted by Crippen LogP contribution is -2.20. The van der Waals surface area contributed by atoms with E-state index in [1.165, 1.54) is 55.3 Å². The Morgan fingerprint density at radius 2 is 1.23 bits per heavy atom. The molecule has 57 heavy (non-hydrogen) atoms. The van der Waals surface area contributed by atoms with Gasteiger partial charge in [0.2, 0.25) is 0 Å². The smallest absolute Gasteiger partial charge is 0.138 e. The number of anilines is 3. The van der Waals surface area contributed by atoms with Crippen LogP contribution in [0.2, 0.25) is 0 Å². The molecule has 0 amide bonds. The molecule has 0 bridgehead atoms. The van der Waals surface area contributed by atoms with Crippen LogP contribution < -0.4 is 10.6 Å². The van der Waals surface area contributed by atoms with Gasteiger partial charge in [0, 0.05) is 40.5 Å². The van der Waals surface area contributed by atoms with Crippen molar-refractivity contribution in [3.63, 3.8) is 0 Å². The largest absolute Gasteiger partial charge is 0.398 e. The second-order valence-electron chi connectivity index (χ2n) is 14.6. The second-order valence-corrected chi connectivity index (χ2v) is 14.6. The summed E-state index contributed by atoms with van der Waals surface area (Å²) in [7, 11) is 0. The number of allylic oxidation sites excluding steroid dienone is 3. The van der Waals surface area contributed by atoms with Crippen molar-refractivity contribution < 1.29 is 0 Å². The summed E-state index contributed by atoms with van der Waals surface area (Å²) in [5, 5.41) is 2.45. The minimum atomic E-state index is 0.670. The van der Waals surface area contributed by atoms with E-state index in [1.807, 2.05) is 12.1 Å². The molecule has 1 aliphatic rings. The molecule has 0 aliphatic carbocycles. The lowest BCUT2D eigenvalue weighted by Gasteiger charge is -2.34. The van der Waals surface area contributed by atoms with E-state index in [4.69, 9.17) is 10.7 Å². The molecule has 9 aromatic rings. The van der Waals surface area contributed by atoms with Crippen LogP contribution in [0.15, 0.2) is 206 Å². The molecule has 0 radical (unpaired) electrons. The molecule has 4 nitrogen and oxygen atoms in total. The number of aromatic nitrogens is 2. The Balaban J connectivity index is 1.07. The average molecular weight is 733 g/mol. The molecule has 0 saturated heterocycles. The molecular weight excluding hydrogens is 693 g/mol. The van der Waals surface area contributed by atoms with Crippen molar-refractivity contribution in [1.82, 2.24) is 9.55 Å². The van der Waals surface area contributed by atoms with E-state index in [2.05, 4.69) is 204 Å². The molecule has 0 fully saturated rings. The lowest BCUT2D eigenvalue weighted by molar-refractivity contribution is 0.894. The monoisotopic (exact) mass is 732 g/mol. The molecule has 0 unspecified atom stereocenters. The van der Waals surface area contributed by atoms with Gasteiger partial charge in [0.15, 0.2) is 0 Å². The summed E-state index contributed by atoms with van der Waals surface area (Å²) in [6.07, 6.45) is 7.15. The molecule has 0 atom stereocenters. The first kappa shape index (κ1) is 34.1. The summed E-state index contributed by atoms with van der Waals surface area (Å²) in [6, 6.07) is 66.5. The Kier molecular flexibility index (Phi) is 8.77. The van der Waals surface area contributed by atoms with Gasteiger partial charge in [-0.1, -0.05) is 164 Å². The lowest BCUT2D eigenvalue weighted by atomic mass is 9.93. The van der Waals surface area contributed by atoms with Crippen LogP contribution in [-0.4, -0.2) is 9.55 Å². The highest BCUT2D eigenvalue weighted by Gasteiger charge is 2.29. The van der Waals surface area contributed by atoms with Crippen molar-refractivity contribution in [3.8, 4) is 33.5 Å².